The minimum atomic E-state index is -1.00. The molecule has 1 nitrogen and oxygen atoms in total. The van der Waals surface area contributed by atoms with E-state index in [4.69, 9.17) is 0 Å². The quantitative estimate of drug-likeness (QED) is 0.107. The summed E-state index contributed by atoms with van der Waals surface area (Å²) in [4.78, 5) is 14.1. The van der Waals surface area contributed by atoms with Crippen LogP contribution in [0.2, 0.25) is 0 Å². The molecule has 4 atom stereocenters. The molecule has 0 aromatic heterocycles. The van der Waals surface area contributed by atoms with E-state index in [-0.39, 0.29) is 23.2 Å². The number of hydrogen-bond donors (Lipinski definition) is 0. The highest BCUT2D eigenvalue weighted by atomic mass is 31.1. The van der Waals surface area contributed by atoms with Crippen LogP contribution in [0.3, 0.4) is 0 Å². The highest BCUT2D eigenvalue weighted by Gasteiger charge is 2.43. The van der Waals surface area contributed by atoms with E-state index in [0.29, 0.717) is 18.6 Å². The van der Waals surface area contributed by atoms with Crippen LogP contribution < -0.4 is 5.30 Å². The molecule has 0 radical (unpaired) electrons. The Morgan fingerprint density at radius 3 is 1.11 bits per heavy atom. The van der Waals surface area contributed by atoms with Crippen molar-refractivity contribution in [2.24, 2.45) is 0 Å². The predicted molar refractivity (Wildman–Crippen MR) is 232 cm³/mol. The zero-order chi connectivity index (χ0) is 37.9. The predicted octanol–water partition coefficient (Wildman–Crippen LogP) is 13.2. The summed E-state index contributed by atoms with van der Waals surface area (Å²) in [5, 5.41) is 1.45. The van der Waals surface area contributed by atoms with Gasteiger partial charge in [0.1, 0.15) is 5.78 Å². The monoisotopic (exact) mass is 732 g/mol. The van der Waals surface area contributed by atoms with Crippen molar-refractivity contribution >= 4 is 19.0 Å². The van der Waals surface area contributed by atoms with Gasteiger partial charge in [-0.15, -0.1) is 0 Å². The maximum Gasteiger partial charge on any atom is 0.134 e. The molecule has 7 aromatic carbocycles. The lowest BCUT2D eigenvalue weighted by Crippen LogP contribution is -2.30. The molecule has 0 amide bonds. The molecule has 1 fully saturated rings. The Morgan fingerprint density at radius 1 is 0.418 bits per heavy atom. The van der Waals surface area contributed by atoms with Crippen LogP contribution in [0.5, 0.6) is 0 Å². The lowest BCUT2D eigenvalue weighted by atomic mass is 9.77. The summed E-state index contributed by atoms with van der Waals surface area (Å²) in [7, 11) is -1.00. The molecule has 1 aliphatic rings. The molecule has 1 saturated heterocycles. The average molecular weight is 733 g/mol. The molecule has 0 bridgehead atoms. The highest BCUT2D eigenvalue weighted by Crippen LogP contribution is 2.68. The van der Waals surface area contributed by atoms with Gasteiger partial charge in [-0.3, -0.25) is 4.79 Å². The van der Waals surface area contributed by atoms with Crippen molar-refractivity contribution in [1.82, 2.24) is 0 Å². The number of benzene rings is 7. The van der Waals surface area contributed by atoms with Crippen molar-refractivity contribution in [3.8, 4) is 0 Å². The Labute approximate surface area is 328 Å². The van der Waals surface area contributed by atoms with E-state index in [9.17, 15) is 4.79 Å². The number of rotatable bonds is 9. The van der Waals surface area contributed by atoms with E-state index >= 15 is 0 Å². The SMILES string of the molecule is Cc1cccc(C)c1C(c1ccccc1)c1cccc(C(c2ccccc2)c2c(C)cccc2C)c1P1C(c2ccccc2)CC(=O)CC1c1ccccc1. The van der Waals surface area contributed by atoms with Crippen molar-refractivity contribution in [2.75, 3.05) is 0 Å². The first-order valence-corrected chi connectivity index (χ1v) is 21.1. The van der Waals surface area contributed by atoms with Gasteiger partial charge < -0.3 is 0 Å². The van der Waals surface area contributed by atoms with Crippen LogP contribution in [-0.4, -0.2) is 5.78 Å². The van der Waals surface area contributed by atoms with Gasteiger partial charge in [0.05, 0.1) is 0 Å². The van der Waals surface area contributed by atoms with Gasteiger partial charge in [0.15, 0.2) is 0 Å². The fourth-order valence-corrected chi connectivity index (χ4v) is 13.2. The number of carbonyl (C=O) groups is 1. The third kappa shape index (κ3) is 7.27. The van der Waals surface area contributed by atoms with Gasteiger partial charge in [0, 0.05) is 36.0 Å². The third-order valence-corrected chi connectivity index (χ3v) is 15.1. The highest BCUT2D eigenvalue weighted by molar-refractivity contribution is 7.66. The van der Waals surface area contributed by atoms with Crippen LogP contribution in [0.4, 0.5) is 0 Å². The van der Waals surface area contributed by atoms with Crippen LogP contribution in [0.25, 0.3) is 0 Å². The first-order valence-electron chi connectivity index (χ1n) is 19.7. The topological polar surface area (TPSA) is 17.1 Å². The van der Waals surface area contributed by atoms with Crippen LogP contribution in [0, 0.1) is 27.7 Å². The number of carbonyl (C=O) groups excluding carboxylic acids is 1. The Kier molecular flexibility index (Phi) is 10.8. The number of aryl methyl sites for hydroxylation is 4. The number of ketones is 1. The molecule has 1 aliphatic heterocycles. The Morgan fingerprint density at radius 2 is 0.745 bits per heavy atom. The van der Waals surface area contributed by atoms with Crippen LogP contribution in [0.15, 0.2) is 176 Å². The molecule has 272 valence electrons. The summed E-state index contributed by atoms with van der Waals surface area (Å²) in [6.07, 6.45) is 1.09. The normalized spacial score (nSPS) is 18.1. The summed E-state index contributed by atoms with van der Waals surface area (Å²) < 4.78 is 0. The molecule has 0 aliphatic carbocycles. The summed E-state index contributed by atoms with van der Waals surface area (Å²) in [6.45, 7) is 9.09. The van der Waals surface area contributed by atoms with Gasteiger partial charge in [0.25, 0.3) is 0 Å². The van der Waals surface area contributed by atoms with Gasteiger partial charge in [-0.05, 0) is 99.8 Å². The van der Waals surface area contributed by atoms with E-state index < -0.39 is 7.92 Å². The summed E-state index contributed by atoms with van der Waals surface area (Å²) in [5.41, 5.74) is 15.9. The third-order valence-electron chi connectivity index (χ3n) is 11.8. The molecule has 55 heavy (non-hydrogen) atoms. The Balaban J connectivity index is 1.54. The minimum absolute atomic E-state index is 0.000264. The van der Waals surface area contributed by atoms with E-state index in [1.54, 1.807) is 0 Å². The van der Waals surface area contributed by atoms with Gasteiger partial charge in [-0.2, -0.15) is 0 Å². The second-order valence-corrected chi connectivity index (χ2v) is 17.8. The fraction of sp³-hybridized carbons (Fsp3) is 0.189. The summed E-state index contributed by atoms with van der Waals surface area (Å²) in [5.74, 6) is 0.351. The molecule has 0 N–H and O–H groups in total. The molecule has 2 heteroatoms. The molecular formula is C53H49OP. The maximum absolute atomic E-state index is 14.1. The first kappa shape index (κ1) is 36.6. The first-order chi connectivity index (χ1) is 26.9. The summed E-state index contributed by atoms with van der Waals surface area (Å²) in [6, 6.07) is 64.8. The molecule has 7 aromatic rings. The maximum atomic E-state index is 14.1. The molecule has 1 heterocycles. The van der Waals surface area contributed by atoms with Crippen LogP contribution in [-0.2, 0) is 4.79 Å². The second-order valence-electron chi connectivity index (χ2n) is 15.3. The smallest absolute Gasteiger partial charge is 0.134 e. The van der Waals surface area contributed by atoms with Crippen molar-refractivity contribution in [3.63, 3.8) is 0 Å². The van der Waals surface area contributed by atoms with Crippen LogP contribution in [0.1, 0.15) is 103 Å². The zero-order valence-electron chi connectivity index (χ0n) is 32.3. The van der Waals surface area contributed by atoms with Gasteiger partial charge in [0.2, 0.25) is 0 Å². The second kappa shape index (κ2) is 16.2. The van der Waals surface area contributed by atoms with Gasteiger partial charge >= 0.3 is 0 Å². The van der Waals surface area contributed by atoms with E-state index in [0.717, 1.165) is 0 Å². The van der Waals surface area contributed by atoms with Crippen molar-refractivity contribution in [1.29, 1.82) is 0 Å². The lowest BCUT2D eigenvalue weighted by Gasteiger charge is -2.43. The standard InChI is InChI=1S/C53H49OP/c1-36-20-17-21-37(2)49(36)51(42-28-13-7-14-29-42)45-32-19-33-46(52(43-30-15-8-16-31-43)50-38(3)22-18-23-39(50)4)53(45)55-47(40-24-9-5-10-25-40)34-44(54)35-48(55)41-26-11-6-12-27-41/h5-33,47-48,51-52H,34-35H2,1-4H3. The van der Waals surface area contributed by atoms with Crippen molar-refractivity contribution in [2.45, 2.75) is 63.7 Å². The molecular weight excluding hydrogens is 684 g/mol. The van der Waals surface area contributed by atoms with Gasteiger partial charge in [-0.25, -0.2) is 0 Å². The molecule has 0 spiro atoms. The largest absolute Gasteiger partial charge is 0.300 e. The van der Waals surface area contributed by atoms with Crippen LogP contribution >= 0.6 is 7.92 Å². The average Bonchev–Trinajstić information content (AvgIpc) is 3.22. The number of Topliss-reactive ketones (excluding diaryl/α,β-unsaturated/α-hetero) is 1. The fourth-order valence-electron chi connectivity index (χ4n) is 9.35. The van der Waals surface area contributed by atoms with Crippen molar-refractivity contribution < 1.29 is 4.79 Å². The molecule has 8 rings (SSSR count). The summed E-state index contributed by atoms with van der Waals surface area (Å²) >= 11 is 0. The molecule has 0 saturated carbocycles. The zero-order valence-corrected chi connectivity index (χ0v) is 33.2. The van der Waals surface area contributed by atoms with E-state index in [1.807, 2.05) is 0 Å². The Bertz CT molecular complexity index is 2200. The van der Waals surface area contributed by atoms with Gasteiger partial charge in [-0.1, -0.05) is 184 Å². The molecule has 4 unspecified atom stereocenters. The lowest BCUT2D eigenvalue weighted by molar-refractivity contribution is -0.119. The van der Waals surface area contributed by atoms with Crippen molar-refractivity contribution in [3.05, 3.63) is 243 Å². The minimum Gasteiger partial charge on any atom is -0.300 e. The van der Waals surface area contributed by atoms with E-state index in [2.05, 4.69) is 204 Å². The van der Waals surface area contributed by atoms with E-state index in [1.165, 1.54) is 72.1 Å². The Hall–Kier alpha value is -5.36. The number of hydrogen-bond acceptors (Lipinski definition) is 1.